The van der Waals surface area contributed by atoms with E-state index in [2.05, 4.69) is 22.6 Å². The zero-order chi connectivity index (χ0) is 11.5. The summed E-state index contributed by atoms with van der Waals surface area (Å²) >= 11 is 3.49. The van der Waals surface area contributed by atoms with Crippen LogP contribution in [0.1, 0.15) is 0 Å². The molecule has 0 spiro atoms. The van der Waals surface area contributed by atoms with Crippen LogP contribution in [0.4, 0.5) is 10.1 Å². The summed E-state index contributed by atoms with van der Waals surface area (Å²) in [6, 6.07) is 12.6. The zero-order valence-corrected chi connectivity index (χ0v) is 11.3. The maximum absolute atomic E-state index is 13.6. The molecule has 16 heavy (non-hydrogen) atoms. The summed E-state index contributed by atoms with van der Waals surface area (Å²) in [6.07, 6.45) is 0. The topological polar surface area (TPSA) is 26.0 Å². The van der Waals surface area contributed by atoms with E-state index in [0.717, 1.165) is 8.47 Å². The van der Waals surface area contributed by atoms with Crippen LogP contribution in [0.2, 0.25) is 0 Å². The lowest BCUT2D eigenvalue weighted by atomic mass is 10.3. The van der Waals surface area contributed by atoms with E-state index in [1.165, 1.54) is 17.8 Å². The normalized spacial score (nSPS) is 10.4. The second kappa shape index (κ2) is 5.05. The fraction of sp³-hybridized carbons (Fsp3) is 0. The Kier molecular flexibility index (Phi) is 3.70. The third kappa shape index (κ3) is 2.89. The van der Waals surface area contributed by atoms with Crippen LogP contribution in [0.5, 0.6) is 0 Å². The minimum Gasteiger partial charge on any atom is -0.399 e. The SMILES string of the molecule is Nc1ccc(Sc2ccc(I)cc2F)cc1. The molecule has 0 aliphatic carbocycles. The molecule has 1 nitrogen and oxygen atoms in total. The molecule has 2 rings (SSSR count). The molecule has 0 aromatic heterocycles. The molecule has 4 heteroatoms. The number of nitrogens with two attached hydrogens (primary N) is 1. The maximum Gasteiger partial charge on any atom is 0.138 e. The highest BCUT2D eigenvalue weighted by molar-refractivity contribution is 14.1. The summed E-state index contributed by atoms with van der Waals surface area (Å²) in [5, 5.41) is 0. The zero-order valence-electron chi connectivity index (χ0n) is 8.28. The molecule has 2 aromatic carbocycles. The number of anilines is 1. The Balaban J connectivity index is 2.23. The summed E-state index contributed by atoms with van der Waals surface area (Å²) in [4.78, 5) is 1.61. The molecule has 82 valence electrons. The third-order valence-corrected chi connectivity index (χ3v) is 3.73. The molecule has 2 N–H and O–H groups in total. The van der Waals surface area contributed by atoms with Gasteiger partial charge in [0.1, 0.15) is 5.82 Å². The number of halogens is 2. The van der Waals surface area contributed by atoms with Crippen LogP contribution in [0.25, 0.3) is 0 Å². The Bertz CT molecular complexity index is 499. The van der Waals surface area contributed by atoms with Crippen LogP contribution < -0.4 is 5.73 Å². The highest BCUT2D eigenvalue weighted by atomic mass is 127. The fourth-order valence-corrected chi connectivity index (χ4v) is 2.49. The average molecular weight is 345 g/mol. The first-order valence-electron chi connectivity index (χ1n) is 4.63. The van der Waals surface area contributed by atoms with Crippen molar-refractivity contribution >= 4 is 40.0 Å². The Morgan fingerprint density at radius 1 is 1.06 bits per heavy atom. The van der Waals surface area contributed by atoms with Gasteiger partial charge in [-0.05, 0) is 65.1 Å². The molecule has 2 aromatic rings. The van der Waals surface area contributed by atoms with Crippen molar-refractivity contribution in [1.82, 2.24) is 0 Å². The van der Waals surface area contributed by atoms with E-state index in [9.17, 15) is 4.39 Å². The quantitative estimate of drug-likeness (QED) is 0.653. The van der Waals surface area contributed by atoms with Crippen LogP contribution in [0, 0.1) is 9.39 Å². The predicted octanol–water partition coefficient (Wildman–Crippen LogP) is 4.16. The lowest BCUT2D eigenvalue weighted by Gasteiger charge is -2.03. The van der Waals surface area contributed by atoms with Crippen molar-refractivity contribution in [2.75, 3.05) is 5.73 Å². The molecule has 0 amide bonds. The highest BCUT2D eigenvalue weighted by Crippen LogP contribution is 2.30. The van der Waals surface area contributed by atoms with Gasteiger partial charge in [-0.1, -0.05) is 11.8 Å². The van der Waals surface area contributed by atoms with E-state index in [1.54, 1.807) is 6.07 Å². The summed E-state index contributed by atoms with van der Waals surface area (Å²) in [5.41, 5.74) is 6.30. The fourth-order valence-electron chi connectivity index (χ4n) is 1.22. The van der Waals surface area contributed by atoms with E-state index in [1.807, 2.05) is 30.3 Å². The van der Waals surface area contributed by atoms with Crippen molar-refractivity contribution in [1.29, 1.82) is 0 Å². The van der Waals surface area contributed by atoms with Crippen molar-refractivity contribution in [2.24, 2.45) is 0 Å². The summed E-state index contributed by atoms with van der Waals surface area (Å²) in [5.74, 6) is -0.186. The first-order valence-corrected chi connectivity index (χ1v) is 6.53. The highest BCUT2D eigenvalue weighted by Gasteiger charge is 2.04. The first kappa shape index (κ1) is 11.7. The van der Waals surface area contributed by atoms with Crippen molar-refractivity contribution in [3.05, 3.63) is 51.9 Å². The lowest BCUT2D eigenvalue weighted by Crippen LogP contribution is -1.84. The maximum atomic E-state index is 13.6. The van der Waals surface area contributed by atoms with Crippen LogP contribution in [-0.2, 0) is 0 Å². The number of rotatable bonds is 2. The molecule has 0 aliphatic rings. The third-order valence-electron chi connectivity index (χ3n) is 2.00. The molecule has 0 radical (unpaired) electrons. The van der Waals surface area contributed by atoms with Gasteiger partial charge in [0.25, 0.3) is 0 Å². The van der Waals surface area contributed by atoms with Gasteiger partial charge in [-0.15, -0.1) is 0 Å². The van der Waals surface area contributed by atoms with E-state index in [0.29, 0.717) is 10.6 Å². The molecule has 0 saturated heterocycles. The number of benzene rings is 2. The Morgan fingerprint density at radius 2 is 1.75 bits per heavy atom. The van der Waals surface area contributed by atoms with E-state index in [-0.39, 0.29) is 5.82 Å². The van der Waals surface area contributed by atoms with Gasteiger partial charge in [0, 0.05) is 19.0 Å². The van der Waals surface area contributed by atoms with Gasteiger partial charge >= 0.3 is 0 Å². The van der Waals surface area contributed by atoms with Gasteiger partial charge in [0.05, 0.1) is 0 Å². The molecule has 0 fully saturated rings. The number of hydrogen-bond donors (Lipinski definition) is 1. The first-order chi connectivity index (χ1) is 7.65. The summed E-state index contributed by atoms with van der Waals surface area (Å²) < 4.78 is 14.5. The van der Waals surface area contributed by atoms with E-state index in [4.69, 9.17) is 5.73 Å². The van der Waals surface area contributed by atoms with Gasteiger partial charge in [-0.3, -0.25) is 0 Å². The summed E-state index contributed by atoms with van der Waals surface area (Å²) in [7, 11) is 0. The molecule has 0 saturated carbocycles. The molecule has 0 unspecified atom stereocenters. The van der Waals surface area contributed by atoms with Crippen molar-refractivity contribution in [3.8, 4) is 0 Å². The van der Waals surface area contributed by atoms with Crippen LogP contribution in [0.15, 0.2) is 52.3 Å². The van der Waals surface area contributed by atoms with Gasteiger partial charge in [0.2, 0.25) is 0 Å². The van der Waals surface area contributed by atoms with Crippen LogP contribution >= 0.6 is 34.4 Å². The average Bonchev–Trinajstić information content (AvgIpc) is 2.25. The van der Waals surface area contributed by atoms with Crippen LogP contribution in [-0.4, -0.2) is 0 Å². The molecule has 0 aliphatic heterocycles. The molecule has 0 bridgehead atoms. The van der Waals surface area contributed by atoms with Gasteiger partial charge in [-0.25, -0.2) is 4.39 Å². The minimum absolute atomic E-state index is 0.186. The molecular weight excluding hydrogens is 336 g/mol. The number of hydrogen-bond acceptors (Lipinski definition) is 2. The number of nitrogen functional groups attached to an aromatic ring is 1. The lowest BCUT2D eigenvalue weighted by molar-refractivity contribution is 0.601. The predicted molar refractivity (Wildman–Crippen MR) is 74.1 cm³/mol. The molecular formula is C12H9FINS. The Morgan fingerprint density at radius 3 is 2.38 bits per heavy atom. The Labute approximate surface area is 111 Å². The largest absolute Gasteiger partial charge is 0.399 e. The van der Waals surface area contributed by atoms with Crippen molar-refractivity contribution in [3.63, 3.8) is 0 Å². The standard InChI is InChI=1S/C12H9FINS/c13-11-7-8(14)1-6-12(11)16-10-4-2-9(15)3-5-10/h1-7H,15H2. The molecule has 0 atom stereocenters. The second-order valence-electron chi connectivity index (χ2n) is 3.25. The van der Waals surface area contributed by atoms with E-state index >= 15 is 0 Å². The molecule has 0 heterocycles. The Hall–Kier alpha value is -0.750. The smallest absolute Gasteiger partial charge is 0.138 e. The van der Waals surface area contributed by atoms with Crippen molar-refractivity contribution < 1.29 is 4.39 Å². The second-order valence-corrected chi connectivity index (χ2v) is 5.61. The van der Waals surface area contributed by atoms with E-state index < -0.39 is 0 Å². The van der Waals surface area contributed by atoms with Gasteiger partial charge < -0.3 is 5.73 Å². The minimum atomic E-state index is -0.186. The van der Waals surface area contributed by atoms with Gasteiger partial charge in [0.15, 0.2) is 0 Å². The monoisotopic (exact) mass is 345 g/mol. The van der Waals surface area contributed by atoms with Crippen molar-refractivity contribution in [2.45, 2.75) is 9.79 Å². The van der Waals surface area contributed by atoms with Crippen LogP contribution in [0.3, 0.4) is 0 Å². The summed E-state index contributed by atoms with van der Waals surface area (Å²) in [6.45, 7) is 0. The van der Waals surface area contributed by atoms with Gasteiger partial charge in [-0.2, -0.15) is 0 Å².